The van der Waals surface area contributed by atoms with Crippen molar-refractivity contribution in [3.63, 3.8) is 0 Å². The molecule has 2 N–H and O–H groups in total. The van der Waals surface area contributed by atoms with Crippen LogP contribution in [0.5, 0.6) is 0 Å². The number of benzene rings is 2. The summed E-state index contributed by atoms with van der Waals surface area (Å²) in [4.78, 5) is 14.0. The molecular formula is C21H29N2OS+. The van der Waals surface area contributed by atoms with E-state index in [0.717, 1.165) is 31.0 Å². The first-order valence-electron chi connectivity index (χ1n) is 8.94. The van der Waals surface area contributed by atoms with Gasteiger partial charge >= 0.3 is 0 Å². The summed E-state index contributed by atoms with van der Waals surface area (Å²) in [6.07, 6.45) is 2.08. The van der Waals surface area contributed by atoms with Gasteiger partial charge < -0.3 is 10.2 Å². The quantitative estimate of drug-likeness (QED) is 0.723. The molecule has 0 bridgehead atoms. The lowest BCUT2D eigenvalue weighted by Gasteiger charge is -2.18. The van der Waals surface area contributed by atoms with E-state index in [4.69, 9.17) is 0 Å². The fraction of sp³-hybridized carbons (Fsp3) is 0.381. The number of nitrogens with one attached hydrogen (secondary N) is 2. The molecule has 25 heavy (non-hydrogen) atoms. The van der Waals surface area contributed by atoms with Crippen LogP contribution in [0.4, 0.5) is 0 Å². The highest BCUT2D eigenvalue weighted by Crippen LogP contribution is 2.11. The van der Waals surface area contributed by atoms with Gasteiger partial charge in [0.15, 0.2) is 0 Å². The van der Waals surface area contributed by atoms with Crippen molar-refractivity contribution in [1.29, 1.82) is 0 Å². The summed E-state index contributed by atoms with van der Waals surface area (Å²) in [7, 11) is 0. The number of hydrogen-bond acceptors (Lipinski definition) is 2. The first kappa shape index (κ1) is 19.5. The second-order valence-electron chi connectivity index (χ2n) is 6.22. The molecule has 0 atom stereocenters. The van der Waals surface area contributed by atoms with Crippen molar-refractivity contribution in [1.82, 2.24) is 5.32 Å². The zero-order valence-electron chi connectivity index (χ0n) is 15.5. The number of thioether (sulfide) groups is 1. The van der Waals surface area contributed by atoms with E-state index in [9.17, 15) is 4.79 Å². The van der Waals surface area contributed by atoms with Gasteiger partial charge in [-0.15, -0.1) is 0 Å². The Hall–Kier alpha value is -1.78. The maximum atomic E-state index is 12.4. The lowest BCUT2D eigenvalue weighted by atomic mass is 10.1. The molecule has 0 saturated heterocycles. The van der Waals surface area contributed by atoms with Crippen molar-refractivity contribution in [2.45, 2.75) is 32.7 Å². The Labute approximate surface area is 155 Å². The van der Waals surface area contributed by atoms with Crippen LogP contribution in [0.2, 0.25) is 0 Å². The molecule has 1 amide bonds. The maximum absolute atomic E-state index is 12.4. The fourth-order valence-corrected chi connectivity index (χ4v) is 3.39. The molecule has 2 aromatic rings. The number of hydrogen-bond donors (Lipinski definition) is 2. The minimum absolute atomic E-state index is 0.0132. The summed E-state index contributed by atoms with van der Waals surface area (Å²) >= 11 is 1.78. The molecule has 0 aliphatic heterocycles. The van der Waals surface area contributed by atoms with Crippen molar-refractivity contribution in [2.75, 3.05) is 19.3 Å². The van der Waals surface area contributed by atoms with Crippen LogP contribution in [0, 0.1) is 0 Å². The first-order valence-corrected chi connectivity index (χ1v) is 10.3. The highest BCUT2D eigenvalue weighted by Gasteiger charge is 2.10. The zero-order valence-corrected chi connectivity index (χ0v) is 16.3. The average molecular weight is 358 g/mol. The van der Waals surface area contributed by atoms with Crippen molar-refractivity contribution in [3.8, 4) is 0 Å². The van der Waals surface area contributed by atoms with Gasteiger partial charge in [0, 0.05) is 23.4 Å². The van der Waals surface area contributed by atoms with Gasteiger partial charge in [-0.1, -0.05) is 36.4 Å². The molecule has 2 aromatic carbocycles. The Balaban J connectivity index is 1.99. The number of quaternary nitrogens is 1. The second-order valence-corrected chi connectivity index (χ2v) is 7.08. The molecule has 134 valence electrons. The van der Waals surface area contributed by atoms with Gasteiger partial charge in [0.05, 0.1) is 13.1 Å². The molecule has 2 rings (SSSR count). The summed E-state index contributed by atoms with van der Waals surface area (Å²) < 4.78 is 0. The average Bonchev–Trinajstić information content (AvgIpc) is 2.65. The SMILES string of the molecule is CC[NH+](CC)Cc1ccccc1CNC(=O)c1ccc(CSC)cc1. The Morgan fingerprint density at radius 2 is 1.64 bits per heavy atom. The number of rotatable bonds is 9. The summed E-state index contributed by atoms with van der Waals surface area (Å²) in [5, 5.41) is 3.06. The van der Waals surface area contributed by atoms with Gasteiger partial charge in [-0.3, -0.25) is 4.79 Å². The van der Waals surface area contributed by atoms with Gasteiger partial charge in [0.1, 0.15) is 6.54 Å². The van der Waals surface area contributed by atoms with Crippen LogP contribution < -0.4 is 10.2 Å². The minimum Gasteiger partial charge on any atom is -0.348 e. The third kappa shape index (κ3) is 5.91. The number of carbonyl (C=O) groups excluding carboxylic acids is 1. The molecule has 3 nitrogen and oxygen atoms in total. The van der Waals surface area contributed by atoms with Crippen LogP contribution >= 0.6 is 11.8 Å². The van der Waals surface area contributed by atoms with E-state index < -0.39 is 0 Å². The van der Waals surface area contributed by atoms with Gasteiger partial charge in [-0.05, 0) is 43.4 Å². The largest absolute Gasteiger partial charge is 0.348 e. The third-order valence-corrected chi connectivity index (χ3v) is 5.15. The zero-order chi connectivity index (χ0) is 18.1. The maximum Gasteiger partial charge on any atom is 0.251 e. The van der Waals surface area contributed by atoms with Gasteiger partial charge in [0.2, 0.25) is 0 Å². The smallest absolute Gasteiger partial charge is 0.251 e. The normalized spacial score (nSPS) is 10.9. The van der Waals surface area contributed by atoms with Crippen molar-refractivity contribution in [2.24, 2.45) is 0 Å². The van der Waals surface area contributed by atoms with Crippen LogP contribution in [0.25, 0.3) is 0 Å². The topological polar surface area (TPSA) is 33.5 Å². The van der Waals surface area contributed by atoms with Crippen molar-refractivity contribution < 1.29 is 9.69 Å². The number of amides is 1. The molecule has 4 heteroatoms. The minimum atomic E-state index is -0.0132. The van der Waals surface area contributed by atoms with Gasteiger partial charge in [-0.2, -0.15) is 11.8 Å². The molecule has 0 aromatic heterocycles. The molecule has 0 heterocycles. The molecule has 0 aliphatic rings. The Kier molecular flexibility index (Phi) is 8.02. The van der Waals surface area contributed by atoms with Crippen LogP contribution in [0.15, 0.2) is 48.5 Å². The standard InChI is InChI=1S/C21H28N2OS/c1-4-23(5-2)15-20-9-7-6-8-19(20)14-22-21(24)18-12-10-17(11-13-18)16-25-3/h6-13H,4-5,14-16H2,1-3H3,(H,22,24)/p+1. The van der Waals surface area contributed by atoms with E-state index in [1.54, 1.807) is 16.7 Å². The highest BCUT2D eigenvalue weighted by molar-refractivity contribution is 7.97. The van der Waals surface area contributed by atoms with Crippen molar-refractivity contribution in [3.05, 3.63) is 70.8 Å². The number of carbonyl (C=O) groups is 1. The lowest BCUT2D eigenvalue weighted by molar-refractivity contribution is -0.910. The van der Waals surface area contributed by atoms with Crippen LogP contribution in [0.1, 0.15) is 40.9 Å². The van der Waals surface area contributed by atoms with Crippen LogP contribution in [0.3, 0.4) is 0 Å². The van der Waals surface area contributed by atoms with E-state index in [-0.39, 0.29) is 5.91 Å². The van der Waals surface area contributed by atoms with E-state index in [1.807, 2.05) is 30.3 Å². The van der Waals surface area contributed by atoms with E-state index in [0.29, 0.717) is 6.54 Å². The summed E-state index contributed by atoms with van der Waals surface area (Å²) in [5.41, 5.74) is 4.49. The second kappa shape index (κ2) is 10.3. The fourth-order valence-electron chi connectivity index (χ4n) is 2.87. The van der Waals surface area contributed by atoms with Gasteiger partial charge in [0.25, 0.3) is 5.91 Å². The molecular weight excluding hydrogens is 328 g/mol. The molecule has 0 unspecified atom stereocenters. The van der Waals surface area contributed by atoms with E-state index >= 15 is 0 Å². The Morgan fingerprint density at radius 1 is 1.00 bits per heavy atom. The molecule has 0 aliphatic carbocycles. The third-order valence-electron chi connectivity index (χ3n) is 4.53. The van der Waals surface area contributed by atoms with Crippen LogP contribution in [-0.2, 0) is 18.8 Å². The lowest BCUT2D eigenvalue weighted by Crippen LogP contribution is -3.10. The Morgan fingerprint density at radius 3 is 2.24 bits per heavy atom. The molecule has 0 fully saturated rings. The monoisotopic (exact) mass is 357 g/mol. The van der Waals surface area contributed by atoms with Gasteiger partial charge in [-0.25, -0.2) is 0 Å². The van der Waals surface area contributed by atoms with E-state index in [1.165, 1.54) is 16.7 Å². The highest BCUT2D eigenvalue weighted by atomic mass is 32.2. The molecule has 0 radical (unpaired) electrons. The molecule has 0 spiro atoms. The van der Waals surface area contributed by atoms with Crippen molar-refractivity contribution >= 4 is 17.7 Å². The predicted octanol–water partition coefficient (Wildman–Crippen LogP) is 2.90. The summed E-state index contributed by atoms with van der Waals surface area (Å²) in [5.74, 6) is 0.962. The summed E-state index contributed by atoms with van der Waals surface area (Å²) in [6, 6.07) is 16.3. The van der Waals surface area contributed by atoms with E-state index in [2.05, 4.69) is 43.6 Å². The summed E-state index contributed by atoms with van der Waals surface area (Å²) in [6.45, 7) is 8.22. The first-order chi connectivity index (χ1) is 12.2. The van der Waals surface area contributed by atoms with Crippen LogP contribution in [-0.4, -0.2) is 25.3 Å². The molecule has 0 saturated carbocycles. The predicted molar refractivity (Wildman–Crippen MR) is 107 cm³/mol. The Bertz CT molecular complexity index is 666.